The van der Waals surface area contributed by atoms with E-state index in [-0.39, 0.29) is 6.61 Å². The molecule has 0 spiro atoms. The zero-order valence-electron chi connectivity index (χ0n) is 10.1. The lowest BCUT2D eigenvalue weighted by Gasteiger charge is -2.32. The van der Waals surface area contributed by atoms with Gasteiger partial charge in [0.2, 0.25) is 5.95 Å². The van der Waals surface area contributed by atoms with Crippen molar-refractivity contribution < 1.29 is 5.11 Å². The van der Waals surface area contributed by atoms with Gasteiger partial charge in [-0.2, -0.15) is 5.10 Å². The number of piperidine rings is 1. The number of nitrogens with zero attached hydrogens (tertiary/aromatic N) is 4. The number of nitrogens with one attached hydrogen (secondary N) is 1. The number of rotatable bonds is 4. The Morgan fingerprint density at radius 2 is 2.47 bits per heavy atom. The van der Waals surface area contributed by atoms with Crippen molar-refractivity contribution in [3.05, 3.63) is 11.9 Å². The van der Waals surface area contributed by atoms with Crippen molar-refractivity contribution >= 4 is 5.95 Å². The molecule has 0 aromatic carbocycles. The monoisotopic (exact) mass is 237 g/mol. The normalized spacial score (nSPS) is 21.4. The molecule has 17 heavy (non-hydrogen) atoms. The van der Waals surface area contributed by atoms with Crippen LogP contribution in [-0.2, 0) is 0 Å². The van der Waals surface area contributed by atoms with E-state index < -0.39 is 0 Å². The first kappa shape index (κ1) is 12.2. The van der Waals surface area contributed by atoms with Crippen molar-refractivity contribution in [1.82, 2.24) is 20.1 Å². The second-order valence-electron chi connectivity index (χ2n) is 4.43. The highest BCUT2D eigenvalue weighted by Gasteiger charge is 2.19. The Morgan fingerprint density at radius 1 is 1.59 bits per heavy atom. The van der Waals surface area contributed by atoms with E-state index in [4.69, 9.17) is 5.11 Å². The number of β-amino-alcohol motifs (C(OH)–C–C–N with tert-alkyl or cyclic N) is 1. The number of hydrogen-bond acceptors (Lipinski definition) is 6. The predicted molar refractivity (Wildman–Crippen MR) is 64.7 cm³/mol. The van der Waals surface area contributed by atoms with Crippen LogP contribution in [0.3, 0.4) is 0 Å². The van der Waals surface area contributed by atoms with Crippen LogP contribution >= 0.6 is 0 Å². The van der Waals surface area contributed by atoms with Gasteiger partial charge in [-0.3, -0.25) is 4.90 Å². The summed E-state index contributed by atoms with van der Waals surface area (Å²) in [7, 11) is 0. The Hall–Kier alpha value is -1.27. The van der Waals surface area contributed by atoms with Crippen LogP contribution in [0, 0.1) is 6.92 Å². The van der Waals surface area contributed by atoms with Crippen molar-refractivity contribution in [2.24, 2.45) is 0 Å². The second-order valence-corrected chi connectivity index (χ2v) is 4.43. The summed E-state index contributed by atoms with van der Waals surface area (Å²) in [6.45, 7) is 4.85. The summed E-state index contributed by atoms with van der Waals surface area (Å²) in [6, 6.07) is 0.346. The van der Waals surface area contributed by atoms with E-state index >= 15 is 0 Å². The molecule has 1 saturated heterocycles. The first-order valence-corrected chi connectivity index (χ1v) is 6.04. The van der Waals surface area contributed by atoms with Crippen LogP contribution in [-0.4, -0.2) is 57.5 Å². The summed E-state index contributed by atoms with van der Waals surface area (Å²) in [5, 5.41) is 20.1. The summed E-state index contributed by atoms with van der Waals surface area (Å²) in [5.74, 6) is 0.598. The van der Waals surface area contributed by atoms with Crippen molar-refractivity contribution in [1.29, 1.82) is 0 Å². The number of aromatic nitrogens is 3. The maximum absolute atomic E-state index is 8.93. The molecule has 1 aromatic rings. The van der Waals surface area contributed by atoms with Gasteiger partial charge in [-0.05, 0) is 26.3 Å². The van der Waals surface area contributed by atoms with Gasteiger partial charge in [-0.25, -0.2) is 4.98 Å². The quantitative estimate of drug-likeness (QED) is 0.770. The average molecular weight is 237 g/mol. The number of aliphatic hydroxyl groups excluding tert-OH is 1. The first-order valence-electron chi connectivity index (χ1n) is 6.04. The lowest BCUT2D eigenvalue weighted by molar-refractivity contribution is 0.166. The summed E-state index contributed by atoms with van der Waals surface area (Å²) in [5.41, 5.74) is 0.866. The van der Waals surface area contributed by atoms with Gasteiger partial charge in [0.05, 0.1) is 18.5 Å². The topological polar surface area (TPSA) is 74.2 Å². The Labute approximate surface area is 101 Å². The molecule has 1 aliphatic heterocycles. The summed E-state index contributed by atoms with van der Waals surface area (Å²) in [6.07, 6.45) is 3.89. The maximum Gasteiger partial charge on any atom is 0.243 e. The zero-order valence-corrected chi connectivity index (χ0v) is 10.1. The molecule has 0 amide bonds. The summed E-state index contributed by atoms with van der Waals surface area (Å²) >= 11 is 0. The number of anilines is 1. The van der Waals surface area contributed by atoms with E-state index in [0.29, 0.717) is 12.0 Å². The summed E-state index contributed by atoms with van der Waals surface area (Å²) in [4.78, 5) is 6.54. The van der Waals surface area contributed by atoms with Crippen LogP contribution in [0.2, 0.25) is 0 Å². The van der Waals surface area contributed by atoms with Crippen LogP contribution < -0.4 is 5.32 Å². The van der Waals surface area contributed by atoms with E-state index in [0.717, 1.165) is 38.2 Å². The largest absolute Gasteiger partial charge is 0.395 e. The summed E-state index contributed by atoms with van der Waals surface area (Å²) < 4.78 is 0. The molecule has 0 aliphatic carbocycles. The Bertz CT molecular complexity index is 357. The predicted octanol–water partition coefficient (Wildman–Crippen LogP) is 0.0486. The third-order valence-electron chi connectivity index (χ3n) is 2.93. The molecule has 1 atom stereocenters. The molecular weight excluding hydrogens is 218 g/mol. The van der Waals surface area contributed by atoms with E-state index in [1.165, 1.54) is 0 Å². The van der Waals surface area contributed by atoms with Gasteiger partial charge in [0.25, 0.3) is 0 Å². The van der Waals surface area contributed by atoms with Gasteiger partial charge in [0, 0.05) is 19.1 Å². The zero-order chi connectivity index (χ0) is 12.1. The van der Waals surface area contributed by atoms with Crippen LogP contribution in [0.4, 0.5) is 5.95 Å². The molecule has 1 aliphatic rings. The molecule has 0 bridgehead atoms. The van der Waals surface area contributed by atoms with Crippen molar-refractivity contribution in [2.45, 2.75) is 25.8 Å². The third-order valence-corrected chi connectivity index (χ3v) is 2.93. The van der Waals surface area contributed by atoms with Gasteiger partial charge in [0.1, 0.15) is 0 Å². The fourth-order valence-corrected chi connectivity index (χ4v) is 2.15. The van der Waals surface area contributed by atoms with Crippen LogP contribution in [0.1, 0.15) is 18.5 Å². The Kier molecular flexibility index (Phi) is 4.22. The molecule has 0 saturated carbocycles. The van der Waals surface area contributed by atoms with E-state index in [1.54, 1.807) is 6.20 Å². The van der Waals surface area contributed by atoms with E-state index in [1.807, 2.05) is 6.92 Å². The van der Waals surface area contributed by atoms with Gasteiger partial charge in [-0.1, -0.05) is 0 Å². The highest BCUT2D eigenvalue weighted by Crippen LogP contribution is 2.13. The van der Waals surface area contributed by atoms with Gasteiger partial charge >= 0.3 is 0 Å². The fourth-order valence-electron chi connectivity index (χ4n) is 2.15. The average Bonchev–Trinajstić information content (AvgIpc) is 2.30. The van der Waals surface area contributed by atoms with Crippen molar-refractivity contribution in [2.75, 3.05) is 31.6 Å². The molecule has 1 fully saturated rings. The fraction of sp³-hybridized carbons (Fsp3) is 0.727. The second kappa shape index (κ2) is 5.88. The molecule has 2 heterocycles. The highest BCUT2D eigenvalue weighted by atomic mass is 16.3. The molecular formula is C11H19N5O. The molecule has 0 radical (unpaired) electrons. The minimum absolute atomic E-state index is 0.217. The lowest BCUT2D eigenvalue weighted by Crippen LogP contribution is -2.43. The number of hydrogen-bond donors (Lipinski definition) is 2. The number of aliphatic hydroxyl groups is 1. The number of likely N-dealkylation sites (tertiary alicyclic amines) is 1. The SMILES string of the molecule is Cc1cnnc(N[C@@H]2CCCN(CCO)C2)n1. The lowest BCUT2D eigenvalue weighted by atomic mass is 10.1. The molecule has 0 unspecified atom stereocenters. The third kappa shape index (κ3) is 3.61. The highest BCUT2D eigenvalue weighted by molar-refractivity contribution is 5.24. The minimum Gasteiger partial charge on any atom is -0.395 e. The molecule has 6 nitrogen and oxygen atoms in total. The molecule has 6 heteroatoms. The van der Waals surface area contributed by atoms with Gasteiger partial charge in [0.15, 0.2) is 0 Å². The number of aryl methyl sites for hydroxylation is 1. The first-order chi connectivity index (χ1) is 8.28. The Morgan fingerprint density at radius 3 is 3.24 bits per heavy atom. The van der Waals surface area contributed by atoms with Crippen molar-refractivity contribution in [3.8, 4) is 0 Å². The molecule has 2 N–H and O–H groups in total. The van der Waals surface area contributed by atoms with Crippen molar-refractivity contribution in [3.63, 3.8) is 0 Å². The van der Waals surface area contributed by atoms with Crippen LogP contribution in [0.25, 0.3) is 0 Å². The van der Waals surface area contributed by atoms with E-state index in [9.17, 15) is 0 Å². The van der Waals surface area contributed by atoms with Gasteiger partial charge < -0.3 is 10.4 Å². The maximum atomic E-state index is 8.93. The molecule has 2 rings (SSSR count). The van der Waals surface area contributed by atoms with E-state index in [2.05, 4.69) is 25.4 Å². The standard InChI is InChI=1S/C11H19N5O/c1-9-7-12-15-11(13-9)14-10-3-2-4-16(8-10)5-6-17/h7,10,17H,2-6,8H2,1H3,(H,13,14,15)/t10-/m1/s1. The van der Waals surface area contributed by atoms with Crippen LogP contribution in [0.15, 0.2) is 6.20 Å². The minimum atomic E-state index is 0.217. The van der Waals surface area contributed by atoms with Crippen LogP contribution in [0.5, 0.6) is 0 Å². The molecule has 94 valence electrons. The Balaban J connectivity index is 1.90. The van der Waals surface area contributed by atoms with Gasteiger partial charge in [-0.15, -0.1) is 5.10 Å². The smallest absolute Gasteiger partial charge is 0.243 e. The molecule has 1 aromatic heterocycles.